The lowest BCUT2D eigenvalue weighted by Gasteiger charge is -2.11. The van der Waals surface area contributed by atoms with E-state index in [-0.39, 0.29) is 5.69 Å². The highest BCUT2D eigenvalue weighted by Gasteiger charge is 2.16. The van der Waals surface area contributed by atoms with Crippen LogP contribution in [0.1, 0.15) is 0 Å². The van der Waals surface area contributed by atoms with Crippen LogP contribution >= 0.6 is 11.6 Å². The summed E-state index contributed by atoms with van der Waals surface area (Å²) in [7, 11) is 3.07. The third-order valence-corrected chi connectivity index (χ3v) is 3.81. The smallest absolute Gasteiger partial charge is 0.270 e. The normalized spacial score (nSPS) is 10.9. The number of ether oxygens (including phenoxy) is 2. The number of nitro benzene ring substituents is 1. The van der Waals surface area contributed by atoms with Crippen molar-refractivity contribution in [2.75, 3.05) is 14.2 Å². The second-order valence-electron chi connectivity index (χ2n) is 4.61. The van der Waals surface area contributed by atoms with Crippen LogP contribution in [0.15, 0.2) is 30.3 Å². The van der Waals surface area contributed by atoms with Gasteiger partial charge in [-0.2, -0.15) is 0 Å². The van der Waals surface area contributed by atoms with Gasteiger partial charge >= 0.3 is 0 Å². The fraction of sp³-hybridized carbons (Fsp3) is 0.133. The molecule has 0 saturated heterocycles. The van der Waals surface area contributed by atoms with Crippen LogP contribution in [-0.4, -0.2) is 24.1 Å². The standard InChI is InChI=1S/C15H11ClN2O4/c1-21-9-6-11-14(16)10-5-8(18(19)20)3-4-12(10)17-15(11)13(7-9)22-2/h3-7H,1-2H3. The molecule has 1 aromatic heterocycles. The fourth-order valence-corrected chi connectivity index (χ4v) is 2.61. The van der Waals surface area contributed by atoms with E-state index in [1.807, 2.05) is 0 Å². The molecule has 0 fully saturated rings. The molecular formula is C15H11ClN2O4. The Morgan fingerprint density at radius 2 is 1.91 bits per heavy atom. The van der Waals surface area contributed by atoms with Crippen molar-refractivity contribution in [3.8, 4) is 11.5 Å². The molecule has 0 aliphatic carbocycles. The minimum absolute atomic E-state index is 0.0367. The summed E-state index contributed by atoms with van der Waals surface area (Å²) in [6.07, 6.45) is 0. The van der Waals surface area contributed by atoms with E-state index in [4.69, 9.17) is 21.1 Å². The molecule has 0 N–H and O–H groups in total. The van der Waals surface area contributed by atoms with Gasteiger partial charge in [0, 0.05) is 29.0 Å². The molecular weight excluding hydrogens is 308 g/mol. The van der Waals surface area contributed by atoms with E-state index < -0.39 is 4.92 Å². The van der Waals surface area contributed by atoms with Gasteiger partial charge in [-0.05, 0) is 12.1 Å². The Morgan fingerprint density at radius 3 is 2.55 bits per heavy atom. The van der Waals surface area contributed by atoms with Crippen LogP contribution in [0.4, 0.5) is 5.69 Å². The molecule has 112 valence electrons. The number of hydrogen-bond acceptors (Lipinski definition) is 5. The molecule has 0 spiro atoms. The van der Waals surface area contributed by atoms with Gasteiger partial charge in [0.1, 0.15) is 17.0 Å². The number of nitro groups is 1. The maximum absolute atomic E-state index is 10.9. The van der Waals surface area contributed by atoms with Crippen LogP contribution in [0.5, 0.6) is 11.5 Å². The van der Waals surface area contributed by atoms with Gasteiger partial charge in [0.2, 0.25) is 0 Å². The van der Waals surface area contributed by atoms with Crippen LogP contribution in [0.25, 0.3) is 21.8 Å². The van der Waals surface area contributed by atoms with Crippen molar-refractivity contribution >= 4 is 39.1 Å². The molecule has 0 aliphatic rings. The molecule has 0 amide bonds. The van der Waals surface area contributed by atoms with Crippen molar-refractivity contribution in [1.82, 2.24) is 4.98 Å². The fourth-order valence-electron chi connectivity index (χ4n) is 2.32. The number of non-ortho nitro benzene ring substituents is 1. The number of rotatable bonds is 3. The maximum Gasteiger partial charge on any atom is 0.270 e. The molecule has 3 rings (SSSR count). The predicted octanol–water partition coefficient (Wildman–Crippen LogP) is 3.97. The molecule has 22 heavy (non-hydrogen) atoms. The lowest BCUT2D eigenvalue weighted by Crippen LogP contribution is -1.94. The van der Waals surface area contributed by atoms with E-state index in [9.17, 15) is 10.1 Å². The van der Waals surface area contributed by atoms with E-state index in [1.165, 1.54) is 26.4 Å². The van der Waals surface area contributed by atoms with Crippen LogP contribution in [0, 0.1) is 10.1 Å². The minimum atomic E-state index is -0.466. The van der Waals surface area contributed by atoms with Crippen LogP contribution < -0.4 is 9.47 Å². The summed E-state index contributed by atoms with van der Waals surface area (Å²) in [6, 6.07) is 7.82. The quantitative estimate of drug-likeness (QED) is 0.415. The summed E-state index contributed by atoms with van der Waals surface area (Å²) in [6.45, 7) is 0. The lowest BCUT2D eigenvalue weighted by molar-refractivity contribution is -0.384. The third kappa shape index (κ3) is 2.17. The molecule has 0 radical (unpaired) electrons. The van der Waals surface area contributed by atoms with Crippen molar-refractivity contribution in [2.45, 2.75) is 0 Å². The molecule has 0 bridgehead atoms. The van der Waals surface area contributed by atoms with E-state index in [0.717, 1.165) is 0 Å². The van der Waals surface area contributed by atoms with Gasteiger partial charge < -0.3 is 9.47 Å². The average molecular weight is 319 g/mol. The molecule has 7 heteroatoms. The number of nitrogens with zero attached hydrogens (tertiary/aromatic N) is 2. The van der Waals surface area contributed by atoms with Gasteiger partial charge in [0.25, 0.3) is 5.69 Å². The number of pyridine rings is 1. The topological polar surface area (TPSA) is 74.5 Å². The van der Waals surface area contributed by atoms with Gasteiger partial charge in [0.05, 0.1) is 29.7 Å². The summed E-state index contributed by atoms with van der Waals surface area (Å²) in [5.41, 5.74) is 1.10. The van der Waals surface area contributed by atoms with E-state index in [2.05, 4.69) is 4.98 Å². The number of aromatic nitrogens is 1. The van der Waals surface area contributed by atoms with E-state index >= 15 is 0 Å². The molecule has 0 aliphatic heterocycles. The number of methoxy groups -OCH3 is 2. The van der Waals surface area contributed by atoms with Gasteiger partial charge in [-0.1, -0.05) is 11.6 Å². The lowest BCUT2D eigenvalue weighted by atomic mass is 10.1. The summed E-state index contributed by atoms with van der Waals surface area (Å²) < 4.78 is 10.5. The number of fused-ring (bicyclic) bond motifs is 2. The van der Waals surface area contributed by atoms with Crippen molar-refractivity contribution < 1.29 is 14.4 Å². The second-order valence-corrected chi connectivity index (χ2v) is 4.99. The Balaban J connectivity index is 2.43. The molecule has 6 nitrogen and oxygen atoms in total. The molecule has 3 aromatic rings. The molecule has 0 unspecified atom stereocenters. The first kappa shape index (κ1) is 14.3. The van der Waals surface area contributed by atoms with Crippen molar-refractivity contribution in [3.05, 3.63) is 45.5 Å². The van der Waals surface area contributed by atoms with Gasteiger partial charge in [0.15, 0.2) is 0 Å². The van der Waals surface area contributed by atoms with Crippen molar-refractivity contribution in [2.24, 2.45) is 0 Å². The minimum Gasteiger partial charge on any atom is -0.497 e. The Morgan fingerprint density at radius 1 is 1.14 bits per heavy atom. The van der Waals surface area contributed by atoms with E-state index in [0.29, 0.717) is 38.3 Å². The van der Waals surface area contributed by atoms with Crippen LogP contribution in [-0.2, 0) is 0 Å². The average Bonchev–Trinajstić information content (AvgIpc) is 2.54. The van der Waals surface area contributed by atoms with Crippen molar-refractivity contribution in [1.29, 1.82) is 0 Å². The highest BCUT2D eigenvalue weighted by atomic mass is 35.5. The molecule has 0 saturated carbocycles. The highest BCUT2D eigenvalue weighted by molar-refractivity contribution is 6.40. The van der Waals surface area contributed by atoms with Crippen molar-refractivity contribution in [3.63, 3.8) is 0 Å². The molecule has 0 atom stereocenters. The summed E-state index contributed by atoms with van der Waals surface area (Å²) >= 11 is 6.44. The third-order valence-electron chi connectivity index (χ3n) is 3.40. The summed E-state index contributed by atoms with van der Waals surface area (Å²) in [4.78, 5) is 15.0. The Labute approximate surface area is 130 Å². The maximum atomic E-state index is 10.9. The Bertz CT molecular complexity index is 911. The monoisotopic (exact) mass is 318 g/mol. The van der Waals surface area contributed by atoms with E-state index in [1.54, 1.807) is 18.2 Å². The van der Waals surface area contributed by atoms with Gasteiger partial charge in [-0.15, -0.1) is 0 Å². The number of hydrogen-bond donors (Lipinski definition) is 0. The second kappa shape index (κ2) is 5.31. The highest BCUT2D eigenvalue weighted by Crippen LogP contribution is 2.38. The summed E-state index contributed by atoms with van der Waals surface area (Å²) in [5, 5.41) is 12.4. The van der Waals surface area contributed by atoms with Crippen LogP contribution in [0.3, 0.4) is 0 Å². The zero-order chi connectivity index (χ0) is 15.9. The Kier molecular flexibility index (Phi) is 3.46. The zero-order valence-corrected chi connectivity index (χ0v) is 12.5. The molecule has 1 heterocycles. The first-order valence-corrected chi connectivity index (χ1v) is 6.72. The Hall–Kier alpha value is -2.60. The zero-order valence-electron chi connectivity index (χ0n) is 11.8. The number of benzene rings is 2. The van der Waals surface area contributed by atoms with Gasteiger partial charge in [-0.3, -0.25) is 10.1 Å². The predicted molar refractivity (Wildman–Crippen MR) is 84.0 cm³/mol. The SMILES string of the molecule is COc1cc(OC)c2nc3ccc([N+](=O)[O-])cc3c(Cl)c2c1. The first-order valence-electron chi connectivity index (χ1n) is 6.34. The van der Waals surface area contributed by atoms with Gasteiger partial charge in [-0.25, -0.2) is 4.98 Å². The number of halogens is 1. The summed E-state index contributed by atoms with van der Waals surface area (Å²) in [5.74, 6) is 1.09. The largest absolute Gasteiger partial charge is 0.497 e. The molecule has 2 aromatic carbocycles. The first-order chi connectivity index (χ1) is 10.5. The van der Waals surface area contributed by atoms with Crippen LogP contribution in [0.2, 0.25) is 5.02 Å².